The van der Waals surface area contributed by atoms with Gasteiger partial charge < -0.3 is 20.5 Å². The Morgan fingerprint density at radius 1 is 1.07 bits per heavy atom. The zero-order valence-electron chi connectivity index (χ0n) is 17.4. The summed E-state index contributed by atoms with van der Waals surface area (Å²) in [5, 5.41) is 6.16. The van der Waals surface area contributed by atoms with Crippen molar-refractivity contribution in [2.75, 3.05) is 20.6 Å². The molecule has 0 fully saturated rings. The Kier molecular flexibility index (Phi) is 7.60. The number of amides is 1. The summed E-state index contributed by atoms with van der Waals surface area (Å²) in [6, 6.07) is 20.0. The number of guanidine groups is 1. The van der Waals surface area contributed by atoms with Gasteiger partial charge in [0.25, 0.3) is 0 Å². The fraction of sp³-hybridized carbons (Fsp3) is 0.261. The van der Waals surface area contributed by atoms with E-state index >= 15 is 0 Å². The molecule has 0 saturated carbocycles. The first-order valence-corrected chi connectivity index (χ1v) is 9.97. The van der Waals surface area contributed by atoms with Crippen LogP contribution in [0.4, 0.5) is 0 Å². The number of carbonyl (C=O) groups excluding carboxylic acids is 1. The summed E-state index contributed by atoms with van der Waals surface area (Å²) in [7, 11) is 3.67. The summed E-state index contributed by atoms with van der Waals surface area (Å²) in [6.07, 6.45) is 2.21. The second-order valence-corrected chi connectivity index (χ2v) is 6.95. The highest BCUT2D eigenvalue weighted by Crippen LogP contribution is 2.16. The van der Waals surface area contributed by atoms with Crippen molar-refractivity contribution in [3.8, 4) is 11.3 Å². The van der Waals surface area contributed by atoms with Gasteiger partial charge in [0.1, 0.15) is 5.82 Å². The zero-order valence-corrected chi connectivity index (χ0v) is 17.4. The first-order chi connectivity index (χ1) is 14.7. The number of H-pyrrole nitrogens is 1. The number of carbonyl (C=O) groups is 1. The molecule has 156 valence electrons. The summed E-state index contributed by atoms with van der Waals surface area (Å²) in [4.78, 5) is 26.1. The van der Waals surface area contributed by atoms with E-state index in [1.54, 1.807) is 7.05 Å². The second kappa shape index (κ2) is 10.8. The first kappa shape index (κ1) is 21.1. The van der Waals surface area contributed by atoms with Crippen LogP contribution in [-0.4, -0.2) is 47.4 Å². The van der Waals surface area contributed by atoms with Crippen LogP contribution in [0.5, 0.6) is 0 Å². The van der Waals surface area contributed by atoms with E-state index in [9.17, 15) is 4.79 Å². The Labute approximate surface area is 177 Å². The van der Waals surface area contributed by atoms with E-state index in [0.29, 0.717) is 32.0 Å². The minimum absolute atomic E-state index is 0.00277. The normalized spacial score (nSPS) is 11.2. The third-order valence-corrected chi connectivity index (χ3v) is 4.64. The van der Waals surface area contributed by atoms with Crippen LogP contribution in [0.3, 0.4) is 0 Å². The molecule has 2 aromatic carbocycles. The van der Waals surface area contributed by atoms with E-state index in [1.165, 1.54) is 0 Å². The molecule has 7 nitrogen and oxygen atoms in total. The van der Waals surface area contributed by atoms with Crippen molar-refractivity contribution in [1.82, 2.24) is 25.5 Å². The monoisotopic (exact) mass is 404 g/mol. The van der Waals surface area contributed by atoms with Crippen molar-refractivity contribution in [2.45, 2.75) is 19.5 Å². The second-order valence-electron chi connectivity index (χ2n) is 6.95. The molecule has 3 rings (SSSR count). The number of hydrogen-bond acceptors (Lipinski definition) is 3. The Balaban J connectivity index is 1.43. The van der Waals surface area contributed by atoms with Gasteiger partial charge in [-0.05, 0) is 11.1 Å². The van der Waals surface area contributed by atoms with E-state index < -0.39 is 0 Å². The van der Waals surface area contributed by atoms with E-state index in [1.807, 2.05) is 78.8 Å². The Bertz CT molecular complexity index is 952. The lowest BCUT2D eigenvalue weighted by Gasteiger charge is -2.21. The number of nitrogens with one attached hydrogen (secondary N) is 3. The maximum atomic E-state index is 12.1. The highest BCUT2D eigenvalue weighted by molar-refractivity contribution is 5.81. The van der Waals surface area contributed by atoms with Gasteiger partial charge in [-0.15, -0.1) is 0 Å². The Hall–Kier alpha value is -3.61. The third kappa shape index (κ3) is 6.20. The number of benzene rings is 2. The number of aromatic amines is 1. The minimum Gasteiger partial charge on any atom is -0.356 e. The number of aromatic nitrogens is 2. The van der Waals surface area contributed by atoms with Crippen LogP contribution in [-0.2, 0) is 17.9 Å². The van der Waals surface area contributed by atoms with Crippen molar-refractivity contribution in [1.29, 1.82) is 0 Å². The van der Waals surface area contributed by atoms with Crippen molar-refractivity contribution in [3.63, 3.8) is 0 Å². The number of nitrogens with zero attached hydrogens (tertiary/aromatic N) is 3. The molecule has 30 heavy (non-hydrogen) atoms. The number of hydrogen-bond donors (Lipinski definition) is 3. The lowest BCUT2D eigenvalue weighted by atomic mass is 10.2. The molecule has 0 unspecified atom stereocenters. The molecular weight excluding hydrogens is 376 g/mol. The van der Waals surface area contributed by atoms with Crippen LogP contribution >= 0.6 is 0 Å². The topological polar surface area (TPSA) is 85.4 Å². The van der Waals surface area contributed by atoms with Crippen LogP contribution in [0.25, 0.3) is 11.3 Å². The molecule has 1 heterocycles. The van der Waals surface area contributed by atoms with Gasteiger partial charge in [0.05, 0.1) is 18.4 Å². The Morgan fingerprint density at radius 2 is 1.77 bits per heavy atom. The SMILES string of the molecule is CN=C(NCCC(=O)NCc1ccccc1)N(C)Cc1ncc(-c2ccccc2)[nH]1. The fourth-order valence-electron chi connectivity index (χ4n) is 3.06. The van der Waals surface area contributed by atoms with E-state index in [-0.39, 0.29) is 5.91 Å². The lowest BCUT2D eigenvalue weighted by Crippen LogP contribution is -2.40. The van der Waals surface area contributed by atoms with Gasteiger partial charge in [0.15, 0.2) is 5.96 Å². The van der Waals surface area contributed by atoms with Crippen molar-refractivity contribution < 1.29 is 4.79 Å². The smallest absolute Gasteiger partial charge is 0.222 e. The molecule has 0 atom stereocenters. The summed E-state index contributed by atoms with van der Waals surface area (Å²) < 4.78 is 0. The maximum Gasteiger partial charge on any atom is 0.222 e. The molecule has 0 aliphatic carbocycles. The van der Waals surface area contributed by atoms with Gasteiger partial charge in [-0.1, -0.05) is 60.7 Å². The average molecular weight is 405 g/mol. The fourth-order valence-corrected chi connectivity index (χ4v) is 3.06. The molecular formula is C23H28N6O. The third-order valence-electron chi connectivity index (χ3n) is 4.64. The van der Waals surface area contributed by atoms with Gasteiger partial charge >= 0.3 is 0 Å². The molecule has 0 radical (unpaired) electrons. The summed E-state index contributed by atoms with van der Waals surface area (Å²) >= 11 is 0. The van der Waals surface area contributed by atoms with E-state index in [0.717, 1.165) is 22.6 Å². The molecule has 3 aromatic rings. The minimum atomic E-state index is 0.00277. The van der Waals surface area contributed by atoms with Crippen LogP contribution in [0.2, 0.25) is 0 Å². The highest BCUT2D eigenvalue weighted by Gasteiger charge is 2.10. The van der Waals surface area contributed by atoms with Crippen LogP contribution in [0, 0.1) is 0 Å². The van der Waals surface area contributed by atoms with Crippen molar-refractivity contribution >= 4 is 11.9 Å². The molecule has 0 aliphatic heterocycles. The Morgan fingerprint density at radius 3 is 2.47 bits per heavy atom. The molecule has 0 saturated heterocycles. The molecule has 7 heteroatoms. The molecule has 0 bridgehead atoms. The van der Waals surface area contributed by atoms with Crippen LogP contribution < -0.4 is 10.6 Å². The molecule has 1 aromatic heterocycles. The number of aliphatic imine (C=N–C) groups is 1. The zero-order chi connectivity index (χ0) is 21.2. The van der Waals surface area contributed by atoms with Gasteiger partial charge in [-0.25, -0.2) is 4.98 Å². The molecule has 0 spiro atoms. The van der Waals surface area contributed by atoms with Crippen molar-refractivity contribution in [2.24, 2.45) is 4.99 Å². The molecule has 0 aliphatic rings. The van der Waals surface area contributed by atoms with Crippen molar-refractivity contribution in [3.05, 3.63) is 78.2 Å². The van der Waals surface area contributed by atoms with Gasteiger partial charge in [-0.2, -0.15) is 0 Å². The number of rotatable bonds is 8. The molecule has 1 amide bonds. The maximum absolute atomic E-state index is 12.1. The number of imidazole rings is 1. The summed E-state index contributed by atoms with van der Waals surface area (Å²) in [6.45, 7) is 1.62. The van der Waals surface area contributed by atoms with E-state index in [2.05, 4.69) is 25.6 Å². The van der Waals surface area contributed by atoms with Gasteiger partial charge in [-0.3, -0.25) is 9.79 Å². The summed E-state index contributed by atoms with van der Waals surface area (Å²) in [5.74, 6) is 1.56. The van der Waals surface area contributed by atoms with Crippen LogP contribution in [0.1, 0.15) is 17.8 Å². The standard InChI is InChI=1S/C23H28N6O/c1-24-23(25-14-13-22(30)27-15-18-9-5-3-6-10-18)29(2)17-21-26-16-20(28-21)19-11-7-4-8-12-19/h3-12,16H,13-15,17H2,1-2H3,(H,24,25)(H,26,28)(H,27,30). The quantitative estimate of drug-likeness (QED) is 0.398. The highest BCUT2D eigenvalue weighted by atomic mass is 16.1. The predicted octanol–water partition coefficient (Wildman–Crippen LogP) is 2.79. The lowest BCUT2D eigenvalue weighted by molar-refractivity contribution is -0.121. The van der Waals surface area contributed by atoms with Gasteiger partial charge in [0.2, 0.25) is 5.91 Å². The van der Waals surface area contributed by atoms with Gasteiger partial charge in [0, 0.05) is 33.6 Å². The molecule has 3 N–H and O–H groups in total. The van der Waals surface area contributed by atoms with E-state index in [4.69, 9.17) is 0 Å². The summed E-state index contributed by atoms with van der Waals surface area (Å²) in [5.41, 5.74) is 3.17. The largest absolute Gasteiger partial charge is 0.356 e. The predicted molar refractivity (Wildman–Crippen MR) is 120 cm³/mol. The first-order valence-electron chi connectivity index (χ1n) is 9.97. The van der Waals surface area contributed by atoms with Crippen LogP contribution in [0.15, 0.2) is 71.9 Å². The average Bonchev–Trinajstić information content (AvgIpc) is 3.25.